The Morgan fingerprint density at radius 1 is 1.10 bits per heavy atom. The third-order valence-corrected chi connectivity index (χ3v) is 8.57. The van der Waals surface area contributed by atoms with Crippen molar-refractivity contribution in [2.45, 2.75) is 44.9 Å². The number of hydrogen-bond donors (Lipinski definition) is 2. The first-order valence-electron chi connectivity index (χ1n) is 13.2. The summed E-state index contributed by atoms with van der Waals surface area (Å²) >= 11 is 0. The van der Waals surface area contributed by atoms with Crippen molar-refractivity contribution >= 4 is 26.6 Å². The molecule has 1 atom stereocenters. The standard InChI is InChI=1S/C29H32FN5O3S/c1-3-16-39(36,37)18-24-21-9-8-19(2)27(22(21)10-11-25(24)30)38-28-23(7-5-14-32-28)26-12-15-33-29(35-26)34-20-6-4-13-31-17-20/h5,7-12,14-15,20,31H,3-4,6,13,16-18H2,1-2H3,(H,33,34,35)/t20-/m0/s1. The van der Waals surface area contributed by atoms with Gasteiger partial charge in [0.05, 0.1) is 22.8 Å². The van der Waals surface area contributed by atoms with Crippen LogP contribution in [-0.4, -0.2) is 48.3 Å². The number of rotatable bonds is 9. The number of sulfone groups is 1. The van der Waals surface area contributed by atoms with Crippen molar-refractivity contribution in [3.05, 3.63) is 71.8 Å². The second-order valence-electron chi connectivity index (χ2n) is 9.84. The van der Waals surface area contributed by atoms with Crippen LogP contribution < -0.4 is 15.4 Å². The summed E-state index contributed by atoms with van der Waals surface area (Å²) in [7, 11) is -3.46. The van der Waals surface area contributed by atoms with Crippen molar-refractivity contribution in [1.29, 1.82) is 0 Å². The van der Waals surface area contributed by atoms with Gasteiger partial charge in [-0.05, 0) is 74.0 Å². The average molecular weight is 550 g/mol. The van der Waals surface area contributed by atoms with Gasteiger partial charge in [0, 0.05) is 35.9 Å². The molecule has 0 unspecified atom stereocenters. The highest BCUT2D eigenvalue weighted by Gasteiger charge is 2.21. The fraction of sp³-hybridized carbons (Fsp3) is 0.345. The number of halogens is 1. The molecule has 2 aromatic carbocycles. The summed E-state index contributed by atoms with van der Waals surface area (Å²) in [5, 5.41) is 7.90. The summed E-state index contributed by atoms with van der Waals surface area (Å²) in [6.45, 7) is 5.56. The zero-order valence-corrected chi connectivity index (χ0v) is 22.9. The van der Waals surface area contributed by atoms with Gasteiger partial charge in [-0.15, -0.1) is 0 Å². The quantitative estimate of drug-likeness (QED) is 0.285. The summed E-state index contributed by atoms with van der Waals surface area (Å²) in [6.07, 6.45) is 5.95. The molecule has 1 aliphatic rings. The molecule has 2 aromatic heterocycles. The van der Waals surface area contributed by atoms with Crippen LogP contribution in [0.2, 0.25) is 0 Å². The number of hydrogen-bond acceptors (Lipinski definition) is 8. The van der Waals surface area contributed by atoms with Crippen molar-refractivity contribution in [3.8, 4) is 22.9 Å². The Labute approximate surface area is 228 Å². The summed E-state index contributed by atoms with van der Waals surface area (Å²) in [5.74, 6) is 0.441. The zero-order chi connectivity index (χ0) is 27.4. The van der Waals surface area contributed by atoms with Crippen LogP contribution in [0.25, 0.3) is 22.0 Å². The minimum Gasteiger partial charge on any atom is -0.437 e. The maximum atomic E-state index is 14.9. The van der Waals surface area contributed by atoms with Crippen molar-refractivity contribution in [3.63, 3.8) is 0 Å². The van der Waals surface area contributed by atoms with Crippen LogP contribution in [0.15, 0.2) is 54.9 Å². The molecular weight excluding hydrogens is 517 g/mol. The van der Waals surface area contributed by atoms with Gasteiger partial charge in [-0.3, -0.25) is 0 Å². The molecule has 0 saturated carbocycles. The molecular formula is C29H32FN5O3S. The fourth-order valence-corrected chi connectivity index (χ4v) is 6.41. The van der Waals surface area contributed by atoms with E-state index >= 15 is 0 Å². The molecule has 0 amide bonds. The Balaban J connectivity index is 1.51. The van der Waals surface area contributed by atoms with Gasteiger partial charge in [0.2, 0.25) is 11.8 Å². The molecule has 4 aromatic rings. The van der Waals surface area contributed by atoms with E-state index in [0.717, 1.165) is 31.5 Å². The molecule has 0 bridgehead atoms. The number of aromatic nitrogens is 3. The van der Waals surface area contributed by atoms with Crippen molar-refractivity contribution in [2.24, 2.45) is 0 Å². The van der Waals surface area contributed by atoms with Crippen LogP contribution >= 0.6 is 0 Å². The fourth-order valence-electron chi connectivity index (χ4n) is 4.91. The second kappa shape index (κ2) is 11.6. The van der Waals surface area contributed by atoms with Crippen molar-refractivity contribution < 1.29 is 17.5 Å². The summed E-state index contributed by atoms with van der Waals surface area (Å²) < 4.78 is 46.4. The predicted molar refractivity (Wildman–Crippen MR) is 151 cm³/mol. The number of nitrogens with one attached hydrogen (secondary N) is 2. The molecule has 8 nitrogen and oxygen atoms in total. The second-order valence-corrected chi connectivity index (χ2v) is 12.0. The SMILES string of the molecule is CCCS(=O)(=O)Cc1c(F)ccc2c(Oc3ncccc3-c3ccnc(N[C@H]4CCCNC4)n3)c(C)ccc12. The molecule has 10 heteroatoms. The Morgan fingerprint density at radius 2 is 1.95 bits per heavy atom. The average Bonchev–Trinajstić information content (AvgIpc) is 2.92. The Kier molecular flexibility index (Phi) is 8.04. The molecule has 204 valence electrons. The van der Waals surface area contributed by atoms with E-state index in [-0.39, 0.29) is 23.1 Å². The number of pyridine rings is 1. The van der Waals surface area contributed by atoms with Gasteiger partial charge in [0.15, 0.2) is 9.84 Å². The zero-order valence-electron chi connectivity index (χ0n) is 22.1. The first-order chi connectivity index (χ1) is 18.8. The third kappa shape index (κ3) is 6.17. The first kappa shape index (κ1) is 27.0. The highest BCUT2D eigenvalue weighted by Crippen LogP contribution is 2.38. The molecule has 39 heavy (non-hydrogen) atoms. The van der Waals surface area contributed by atoms with Gasteiger partial charge in [-0.2, -0.15) is 0 Å². The molecule has 5 rings (SSSR count). The number of benzene rings is 2. The van der Waals surface area contributed by atoms with Gasteiger partial charge in [0.25, 0.3) is 0 Å². The number of piperidine rings is 1. The van der Waals surface area contributed by atoms with Crippen LogP contribution in [0.4, 0.5) is 10.3 Å². The summed E-state index contributed by atoms with van der Waals surface area (Å²) in [5.41, 5.74) is 2.28. The summed E-state index contributed by atoms with van der Waals surface area (Å²) in [6, 6.07) is 12.2. The molecule has 0 aliphatic carbocycles. The van der Waals surface area contributed by atoms with E-state index in [1.54, 1.807) is 43.6 Å². The van der Waals surface area contributed by atoms with Crippen LogP contribution in [0, 0.1) is 12.7 Å². The van der Waals surface area contributed by atoms with E-state index < -0.39 is 15.7 Å². The van der Waals surface area contributed by atoms with Crippen LogP contribution in [0.5, 0.6) is 11.6 Å². The third-order valence-electron chi connectivity index (χ3n) is 6.81. The van der Waals surface area contributed by atoms with Crippen LogP contribution in [0.3, 0.4) is 0 Å². The maximum Gasteiger partial charge on any atom is 0.228 e. The molecule has 0 spiro atoms. The van der Waals surface area contributed by atoms with Crippen molar-refractivity contribution in [1.82, 2.24) is 20.3 Å². The van der Waals surface area contributed by atoms with Gasteiger partial charge in [0.1, 0.15) is 11.6 Å². The molecule has 2 N–H and O–H groups in total. The minimum absolute atomic E-state index is 0.00236. The summed E-state index contributed by atoms with van der Waals surface area (Å²) in [4.78, 5) is 13.6. The number of nitrogens with zero attached hydrogens (tertiary/aromatic N) is 3. The van der Waals surface area contributed by atoms with Gasteiger partial charge in [-0.25, -0.2) is 27.8 Å². The molecule has 1 fully saturated rings. The van der Waals surface area contributed by atoms with E-state index in [0.29, 0.717) is 46.0 Å². The van der Waals surface area contributed by atoms with Crippen LogP contribution in [-0.2, 0) is 15.6 Å². The maximum absolute atomic E-state index is 14.9. The van der Waals surface area contributed by atoms with E-state index in [1.807, 2.05) is 19.1 Å². The smallest absolute Gasteiger partial charge is 0.228 e. The number of ether oxygens (including phenoxy) is 1. The largest absolute Gasteiger partial charge is 0.437 e. The topological polar surface area (TPSA) is 106 Å². The highest BCUT2D eigenvalue weighted by atomic mass is 32.2. The van der Waals surface area contributed by atoms with Crippen molar-refractivity contribution in [2.75, 3.05) is 24.2 Å². The minimum atomic E-state index is -3.46. The molecule has 3 heterocycles. The lowest BCUT2D eigenvalue weighted by molar-refractivity contribution is 0.466. The van der Waals surface area contributed by atoms with E-state index in [9.17, 15) is 12.8 Å². The first-order valence-corrected chi connectivity index (χ1v) is 15.0. The van der Waals surface area contributed by atoms with Crippen LogP contribution in [0.1, 0.15) is 37.3 Å². The lowest BCUT2D eigenvalue weighted by Crippen LogP contribution is -2.38. The number of fused-ring (bicyclic) bond motifs is 1. The number of anilines is 1. The van der Waals surface area contributed by atoms with E-state index in [1.165, 1.54) is 6.07 Å². The molecule has 1 saturated heterocycles. The Morgan fingerprint density at radius 3 is 2.74 bits per heavy atom. The lowest BCUT2D eigenvalue weighted by Gasteiger charge is -2.23. The predicted octanol–water partition coefficient (Wildman–Crippen LogP) is 5.42. The monoisotopic (exact) mass is 549 g/mol. The van der Waals surface area contributed by atoms with Gasteiger partial charge in [-0.1, -0.05) is 19.1 Å². The highest BCUT2D eigenvalue weighted by molar-refractivity contribution is 7.90. The van der Waals surface area contributed by atoms with Gasteiger partial charge < -0.3 is 15.4 Å². The Bertz CT molecular complexity index is 1590. The number of aryl methyl sites for hydroxylation is 1. The molecule has 1 aliphatic heterocycles. The van der Waals surface area contributed by atoms with E-state index in [2.05, 4.69) is 20.6 Å². The molecule has 0 radical (unpaired) electrons. The van der Waals surface area contributed by atoms with E-state index in [4.69, 9.17) is 9.72 Å². The normalized spacial score (nSPS) is 15.8. The van der Waals surface area contributed by atoms with Gasteiger partial charge >= 0.3 is 0 Å². The lowest BCUT2D eigenvalue weighted by atomic mass is 10.0. The Hall–Kier alpha value is -3.63.